The average molecular weight is 507 g/mol. The highest BCUT2D eigenvalue weighted by atomic mass is 16.5. The minimum atomic E-state index is -0.186. The van der Waals surface area contributed by atoms with E-state index in [9.17, 15) is 9.59 Å². The Morgan fingerprint density at radius 3 is 2.62 bits per heavy atom. The van der Waals surface area contributed by atoms with Gasteiger partial charge in [-0.2, -0.15) is 0 Å². The summed E-state index contributed by atoms with van der Waals surface area (Å²) in [6.07, 6.45) is 6.73. The first-order chi connectivity index (χ1) is 17.9. The van der Waals surface area contributed by atoms with Crippen LogP contribution in [-0.4, -0.2) is 83.7 Å². The third-order valence-electron chi connectivity index (χ3n) is 9.90. The van der Waals surface area contributed by atoms with E-state index in [0.717, 1.165) is 63.0 Å². The number of carbonyl (C=O) groups is 1. The SMILES string of the molecule is CN1CCN(C2(CN(Cc3cc4ccccc4n(C)c3=O)C(=O)C3C[C@@H]4CC[C@H]3C4)CCCOC2)CC1. The Hall–Kier alpha value is -2.22. The van der Waals surface area contributed by atoms with Gasteiger partial charge in [0.2, 0.25) is 5.91 Å². The molecule has 4 aliphatic rings. The van der Waals surface area contributed by atoms with E-state index < -0.39 is 0 Å². The number of para-hydroxylation sites is 1. The average Bonchev–Trinajstić information content (AvgIpc) is 3.56. The van der Waals surface area contributed by atoms with Gasteiger partial charge in [-0.15, -0.1) is 0 Å². The van der Waals surface area contributed by atoms with Crippen LogP contribution in [0, 0.1) is 17.8 Å². The molecule has 7 nitrogen and oxygen atoms in total. The minimum Gasteiger partial charge on any atom is -0.379 e. The lowest BCUT2D eigenvalue weighted by molar-refractivity contribution is -0.144. The molecule has 2 aliphatic heterocycles. The molecule has 1 aromatic carbocycles. The van der Waals surface area contributed by atoms with Gasteiger partial charge < -0.3 is 19.1 Å². The number of rotatable bonds is 6. The van der Waals surface area contributed by atoms with E-state index in [2.05, 4.69) is 27.8 Å². The third kappa shape index (κ3) is 4.75. The van der Waals surface area contributed by atoms with Gasteiger partial charge in [0.1, 0.15) is 0 Å². The highest BCUT2D eigenvalue weighted by molar-refractivity contribution is 5.81. The number of fused-ring (bicyclic) bond motifs is 3. The molecule has 200 valence electrons. The van der Waals surface area contributed by atoms with E-state index in [1.807, 2.05) is 31.3 Å². The van der Waals surface area contributed by atoms with Crippen molar-refractivity contribution in [3.05, 3.63) is 46.2 Å². The fraction of sp³-hybridized carbons (Fsp3) is 0.667. The largest absolute Gasteiger partial charge is 0.379 e. The van der Waals surface area contributed by atoms with Crippen LogP contribution in [0.2, 0.25) is 0 Å². The van der Waals surface area contributed by atoms with E-state index in [1.54, 1.807) is 4.57 Å². The van der Waals surface area contributed by atoms with Crippen LogP contribution in [0.15, 0.2) is 35.1 Å². The number of piperazine rings is 1. The molecule has 1 aromatic heterocycles. The topological polar surface area (TPSA) is 58.0 Å². The van der Waals surface area contributed by atoms with Crippen LogP contribution in [0.25, 0.3) is 10.9 Å². The van der Waals surface area contributed by atoms with Crippen molar-refractivity contribution >= 4 is 16.8 Å². The molecule has 0 spiro atoms. The lowest BCUT2D eigenvalue weighted by Gasteiger charge is -2.51. The van der Waals surface area contributed by atoms with Gasteiger partial charge in [0, 0.05) is 57.9 Å². The molecule has 2 aliphatic carbocycles. The number of nitrogens with zero attached hydrogens (tertiary/aromatic N) is 4. The fourth-order valence-electron chi connectivity index (χ4n) is 7.75. The maximum atomic E-state index is 14.3. The Morgan fingerprint density at radius 2 is 1.92 bits per heavy atom. The number of ether oxygens (including phenoxy) is 1. The first-order valence-corrected chi connectivity index (χ1v) is 14.3. The smallest absolute Gasteiger partial charge is 0.255 e. The van der Waals surface area contributed by atoms with Crippen molar-refractivity contribution < 1.29 is 9.53 Å². The number of amides is 1. The molecule has 0 N–H and O–H groups in total. The van der Waals surface area contributed by atoms with Crippen molar-refractivity contribution in [3.8, 4) is 0 Å². The Kier molecular flexibility index (Phi) is 6.88. The quantitative estimate of drug-likeness (QED) is 0.603. The standard InChI is InChI=1S/C30H42N4O3/c1-31-11-13-34(14-12-31)30(10-5-15-37-21-30)20-33(29(36)26-17-22-8-9-23(26)16-22)19-25-18-24-6-3-4-7-27(24)32(2)28(25)35/h3-4,6-7,18,22-23,26H,5,8-17,19-21H2,1-2H3/t22-,23+,26?,30?/m1/s1. The monoisotopic (exact) mass is 506 g/mol. The van der Waals surface area contributed by atoms with Gasteiger partial charge in [-0.25, -0.2) is 0 Å². The van der Waals surface area contributed by atoms with Crippen molar-refractivity contribution in [1.29, 1.82) is 0 Å². The predicted molar refractivity (Wildman–Crippen MR) is 145 cm³/mol. The summed E-state index contributed by atoms with van der Waals surface area (Å²) in [5.41, 5.74) is 1.45. The predicted octanol–water partition coefficient (Wildman–Crippen LogP) is 3.10. The summed E-state index contributed by atoms with van der Waals surface area (Å²) in [5.74, 6) is 1.60. The van der Waals surface area contributed by atoms with Crippen molar-refractivity contribution in [2.75, 3.05) is 53.0 Å². The number of hydrogen-bond donors (Lipinski definition) is 0. The Balaban J connectivity index is 1.35. The molecule has 2 aromatic rings. The number of hydrogen-bond acceptors (Lipinski definition) is 5. The molecule has 1 amide bonds. The van der Waals surface area contributed by atoms with Crippen LogP contribution in [0.1, 0.15) is 44.1 Å². The van der Waals surface area contributed by atoms with Gasteiger partial charge in [-0.05, 0) is 68.5 Å². The third-order valence-corrected chi connectivity index (χ3v) is 9.90. The van der Waals surface area contributed by atoms with E-state index in [1.165, 1.54) is 19.3 Å². The summed E-state index contributed by atoms with van der Waals surface area (Å²) in [7, 11) is 4.03. The second kappa shape index (κ2) is 10.2. The van der Waals surface area contributed by atoms with Crippen molar-refractivity contribution in [2.24, 2.45) is 24.8 Å². The van der Waals surface area contributed by atoms with E-state index in [4.69, 9.17) is 4.74 Å². The number of pyridine rings is 1. The molecule has 2 saturated carbocycles. The lowest BCUT2D eigenvalue weighted by Crippen LogP contribution is -2.64. The summed E-state index contributed by atoms with van der Waals surface area (Å²) < 4.78 is 7.85. The molecule has 2 unspecified atom stereocenters. The number of benzene rings is 1. The normalized spacial score (nSPS) is 30.7. The first kappa shape index (κ1) is 25.1. The van der Waals surface area contributed by atoms with Gasteiger partial charge in [0.15, 0.2) is 0 Å². The molecular formula is C30H42N4O3. The van der Waals surface area contributed by atoms with Crippen molar-refractivity contribution in [2.45, 2.75) is 50.6 Å². The number of aryl methyl sites for hydroxylation is 1. The first-order valence-electron chi connectivity index (χ1n) is 14.3. The van der Waals surface area contributed by atoms with Crippen LogP contribution in [0.3, 0.4) is 0 Å². The van der Waals surface area contributed by atoms with Gasteiger partial charge in [-0.3, -0.25) is 14.5 Å². The Labute approximate surface area is 220 Å². The van der Waals surface area contributed by atoms with Gasteiger partial charge >= 0.3 is 0 Å². The molecule has 7 heteroatoms. The maximum Gasteiger partial charge on any atom is 0.255 e. The zero-order valence-electron chi connectivity index (χ0n) is 22.5. The van der Waals surface area contributed by atoms with E-state index in [0.29, 0.717) is 37.1 Å². The van der Waals surface area contributed by atoms with Crippen LogP contribution in [0.5, 0.6) is 0 Å². The Morgan fingerprint density at radius 1 is 1.11 bits per heavy atom. The molecule has 3 heterocycles. The molecule has 37 heavy (non-hydrogen) atoms. The zero-order valence-corrected chi connectivity index (χ0v) is 22.5. The highest BCUT2D eigenvalue weighted by Crippen LogP contribution is 2.49. The lowest BCUT2D eigenvalue weighted by atomic mass is 9.85. The van der Waals surface area contributed by atoms with Crippen LogP contribution in [0.4, 0.5) is 0 Å². The van der Waals surface area contributed by atoms with Gasteiger partial charge in [0.05, 0.1) is 24.2 Å². The van der Waals surface area contributed by atoms with E-state index in [-0.39, 0.29) is 22.9 Å². The molecule has 4 fully saturated rings. The molecular weight excluding hydrogens is 464 g/mol. The second-order valence-electron chi connectivity index (χ2n) is 12.2. The molecule has 0 radical (unpaired) electrons. The van der Waals surface area contributed by atoms with Crippen molar-refractivity contribution in [3.63, 3.8) is 0 Å². The fourth-order valence-corrected chi connectivity index (χ4v) is 7.75. The zero-order chi connectivity index (χ0) is 25.6. The number of likely N-dealkylation sites (N-methyl/N-ethyl adjacent to an activating group) is 1. The van der Waals surface area contributed by atoms with Crippen LogP contribution >= 0.6 is 0 Å². The van der Waals surface area contributed by atoms with E-state index >= 15 is 0 Å². The second-order valence-corrected chi connectivity index (χ2v) is 12.2. The van der Waals surface area contributed by atoms with Crippen molar-refractivity contribution in [1.82, 2.24) is 19.3 Å². The van der Waals surface area contributed by atoms with Gasteiger partial charge in [-0.1, -0.05) is 24.6 Å². The summed E-state index contributed by atoms with van der Waals surface area (Å²) in [6, 6.07) is 10.0. The molecule has 2 bridgehead atoms. The minimum absolute atomic E-state index is 0.00187. The van der Waals surface area contributed by atoms with Crippen LogP contribution < -0.4 is 5.56 Å². The maximum absolute atomic E-state index is 14.3. The van der Waals surface area contributed by atoms with Crippen LogP contribution in [-0.2, 0) is 23.1 Å². The highest BCUT2D eigenvalue weighted by Gasteiger charge is 2.47. The molecule has 4 atom stereocenters. The summed E-state index contributed by atoms with van der Waals surface area (Å²) in [6.45, 7) is 6.52. The molecule has 6 rings (SSSR count). The summed E-state index contributed by atoms with van der Waals surface area (Å²) in [5, 5.41) is 1.04. The summed E-state index contributed by atoms with van der Waals surface area (Å²) >= 11 is 0. The Bertz CT molecular complexity index is 1200. The van der Waals surface area contributed by atoms with Gasteiger partial charge in [0.25, 0.3) is 5.56 Å². The number of aromatic nitrogens is 1. The molecule has 2 saturated heterocycles. The summed E-state index contributed by atoms with van der Waals surface area (Å²) in [4.78, 5) is 34.8. The number of carbonyl (C=O) groups excluding carboxylic acids is 1.